The second-order valence-corrected chi connectivity index (χ2v) is 4.00. The Labute approximate surface area is 100 Å². The molecule has 0 radical (unpaired) electrons. The number of ether oxygens (including phenoxy) is 1. The Hall–Kier alpha value is -1.65. The van der Waals surface area contributed by atoms with Crippen LogP contribution in [0, 0.1) is 0 Å². The zero-order valence-electron chi connectivity index (χ0n) is 10.00. The highest BCUT2D eigenvalue weighted by atomic mass is 16.5. The Bertz CT molecular complexity index is 481. The molecular formula is C13H16N2O2. The van der Waals surface area contributed by atoms with Crippen molar-refractivity contribution < 1.29 is 9.84 Å². The fraction of sp³-hybridized carbons (Fsp3) is 0.308. The molecule has 1 atom stereocenters. The Morgan fingerprint density at radius 3 is 2.53 bits per heavy atom. The molecule has 0 saturated heterocycles. The van der Waals surface area contributed by atoms with E-state index in [1.807, 2.05) is 30.3 Å². The maximum Gasteiger partial charge on any atom is 0.154 e. The Kier molecular flexibility index (Phi) is 3.26. The maximum atomic E-state index is 10.8. The van der Waals surface area contributed by atoms with Gasteiger partial charge >= 0.3 is 0 Å². The van der Waals surface area contributed by atoms with Crippen molar-refractivity contribution in [3.8, 4) is 0 Å². The van der Waals surface area contributed by atoms with Gasteiger partial charge in [0.15, 0.2) is 5.60 Å². The van der Waals surface area contributed by atoms with Gasteiger partial charge in [0.2, 0.25) is 0 Å². The summed E-state index contributed by atoms with van der Waals surface area (Å²) in [4.78, 5) is 0. The Balaban J connectivity index is 2.50. The molecule has 1 heterocycles. The number of aromatic nitrogens is 2. The third kappa shape index (κ3) is 2.09. The van der Waals surface area contributed by atoms with E-state index < -0.39 is 5.60 Å². The fourth-order valence-corrected chi connectivity index (χ4v) is 2.01. The lowest BCUT2D eigenvalue weighted by atomic mass is 9.91. The molecule has 0 aliphatic rings. The topological polar surface area (TPSA) is 47.3 Å². The van der Waals surface area contributed by atoms with Gasteiger partial charge in [-0.15, -0.1) is 0 Å². The summed E-state index contributed by atoms with van der Waals surface area (Å²) >= 11 is 0. The monoisotopic (exact) mass is 232 g/mol. The van der Waals surface area contributed by atoms with Crippen molar-refractivity contribution in [2.75, 3.05) is 13.7 Å². The van der Waals surface area contributed by atoms with Crippen LogP contribution in [0.3, 0.4) is 0 Å². The maximum absolute atomic E-state index is 10.8. The molecule has 1 unspecified atom stereocenters. The number of methoxy groups -OCH3 is 1. The van der Waals surface area contributed by atoms with Crippen molar-refractivity contribution in [2.45, 2.75) is 5.60 Å². The molecule has 4 nitrogen and oxygen atoms in total. The minimum atomic E-state index is -1.17. The quantitative estimate of drug-likeness (QED) is 0.864. The second-order valence-electron chi connectivity index (χ2n) is 4.00. The molecule has 4 heteroatoms. The van der Waals surface area contributed by atoms with Crippen LogP contribution in [0.4, 0.5) is 0 Å². The zero-order valence-corrected chi connectivity index (χ0v) is 10.00. The van der Waals surface area contributed by atoms with Crippen LogP contribution in [0.2, 0.25) is 0 Å². The molecule has 2 aromatic rings. The van der Waals surface area contributed by atoms with E-state index in [4.69, 9.17) is 4.74 Å². The van der Waals surface area contributed by atoms with E-state index in [1.165, 1.54) is 0 Å². The molecule has 1 N–H and O–H groups in total. The summed E-state index contributed by atoms with van der Waals surface area (Å²) in [6.07, 6.45) is 1.67. The number of hydrogen-bond acceptors (Lipinski definition) is 3. The van der Waals surface area contributed by atoms with Crippen molar-refractivity contribution in [1.29, 1.82) is 0 Å². The highest BCUT2D eigenvalue weighted by Gasteiger charge is 2.34. The minimum absolute atomic E-state index is 0.191. The first-order valence-electron chi connectivity index (χ1n) is 5.44. The summed E-state index contributed by atoms with van der Waals surface area (Å²) in [6, 6.07) is 11.3. The number of hydrogen-bond donors (Lipinski definition) is 1. The highest BCUT2D eigenvalue weighted by Crippen LogP contribution is 2.29. The molecule has 90 valence electrons. The molecule has 0 aliphatic heterocycles. The van der Waals surface area contributed by atoms with Gasteiger partial charge in [-0.3, -0.25) is 4.68 Å². The van der Waals surface area contributed by atoms with Crippen molar-refractivity contribution >= 4 is 0 Å². The molecule has 2 rings (SSSR count). The summed E-state index contributed by atoms with van der Waals surface area (Å²) in [5.74, 6) is 0. The standard InChI is InChI=1S/C13H16N2O2/c1-15-12(8-9-14-15)13(16,10-17-2)11-6-4-3-5-7-11/h3-9,16H,10H2,1-2H3. The van der Waals surface area contributed by atoms with Crippen LogP contribution < -0.4 is 0 Å². The van der Waals surface area contributed by atoms with Gasteiger partial charge in [0.05, 0.1) is 12.3 Å². The van der Waals surface area contributed by atoms with E-state index >= 15 is 0 Å². The lowest BCUT2D eigenvalue weighted by molar-refractivity contribution is -0.00895. The summed E-state index contributed by atoms with van der Waals surface area (Å²) in [5.41, 5.74) is 0.345. The van der Waals surface area contributed by atoms with Crippen molar-refractivity contribution in [3.63, 3.8) is 0 Å². The number of rotatable bonds is 4. The summed E-state index contributed by atoms with van der Waals surface area (Å²) in [6.45, 7) is 0.191. The predicted molar refractivity (Wildman–Crippen MR) is 64.5 cm³/mol. The largest absolute Gasteiger partial charge is 0.381 e. The van der Waals surface area contributed by atoms with Crippen molar-refractivity contribution in [1.82, 2.24) is 9.78 Å². The fourth-order valence-electron chi connectivity index (χ4n) is 2.01. The van der Waals surface area contributed by atoms with Gasteiger partial charge in [-0.05, 0) is 11.6 Å². The molecule has 1 aromatic heterocycles. The lowest BCUT2D eigenvalue weighted by Crippen LogP contribution is -2.34. The molecule has 0 spiro atoms. The van der Waals surface area contributed by atoms with Gasteiger partial charge in [-0.2, -0.15) is 5.10 Å². The van der Waals surface area contributed by atoms with E-state index in [0.29, 0.717) is 5.69 Å². The van der Waals surface area contributed by atoms with Crippen LogP contribution in [0.25, 0.3) is 0 Å². The van der Waals surface area contributed by atoms with Crippen LogP contribution in [0.1, 0.15) is 11.3 Å². The van der Waals surface area contributed by atoms with Crippen molar-refractivity contribution in [3.05, 3.63) is 53.9 Å². The normalized spacial score (nSPS) is 14.5. The third-order valence-corrected chi connectivity index (χ3v) is 2.85. The van der Waals surface area contributed by atoms with Gasteiger partial charge < -0.3 is 9.84 Å². The number of nitrogens with zero attached hydrogens (tertiary/aromatic N) is 2. The first-order chi connectivity index (χ1) is 8.18. The van der Waals surface area contributed by atoms with Crippen molar-refractivity contribution in [2.24, 2.45) is 7.05 Å². The van der Waals surface area contributed by atoms with E-state index in [0.717, 1.165) is 5.56 Å². The van der Waals surface area contributed by atoms with E-state index in [2.05, 4.69) is 5.10 Å². The average Bonchev–Trinajstić information content (AvgIpc) is 2.77. The molecule has 0 amide bonds. The van der Waals surface area contributed by atoms with Gasteiger partial charge in [0, 0.05) is 20.4 Å². The van der Waals surface area contributed by atoms with Crippen LogP contribution in [0.5, 0.6) is 0 Å². The molecule has 1 aromatic carbocycles. The molecular weight excluding hydrogens is 216 g/mol. The van der Waals surface area contributed by atoms with E-state index in [-0.39, 0.29) is 6.61 Å². The first kappa shape index (κ1) is 11.8. The average molecular weight is 232 g/mol. The SMILES string of the molecule is COCC(O)(c1ccccc1)c1ccnn1C. The molecule has 0 aliphatic carbocycles. The zero-order chi connectivity index (χ0) is 12.3. The van der Waals surface area contributed by atoms with E-state index in [1.54, 1.807) is 31.1 Å². The van der Waals surface area contributed by atoms with Gasteiger partial charge in [-0.1, -0.05) is 30.3 Å². The van der Waals surface area contributed by atoms with Crippen LogP contribution in [0.15, 0.2) is 42.6 Å². The number of benzene rings is 1. The smallest absolute Gasteiger partial charge is 0.154 e. The lowest BCUT2D eigenvalue weighted by Gasteiger charge is -2.28. The minimum Gasteiger partial charge on any atom is -0.381 e. The van der Waals surface area contributed by atoms with Gasteiger partial charge in [-0.25, -0.2) is 0 Å². The summed E-state index contributed by atoms with van der Waals surface area (Å²) < 4.78 is 6.81. The van der Waals surface area contributed by atoms with E-state index in [9.17, 15) is 5.11 Å². The number of aryl methyl sites for hydroxylation is 1. The van der Waals surface area contributed by atoms with Crippen LogP contribution >= 0.6 is 0 Å². The second kappa shape index (κ2) is 4.69. The Morgan fingerprint density at radius 2 is 2.00 bits per heavy atom. The predicted octanol–water partition coefficient (Wildman–Crippen LogP) is 1.30. The van der Waals surface area contributed by atoms with Crippen LogP contribution in [-0.2, 0) is 17.4 Å². The van der Waals surface area contributed by atoms with Gasteiger partial charge in [0.25, 0.3) is 0 Å². The summed E-state index contributed by atoms with van der Waals surface area (Å²) in [5, 5.41) is 14.9. The molecule has 0 fully saturated rings. The molecule has 0 bridgehead atoms. The Morgan fingerprint density at radius 1 is 1.29 bits per heavy atom. The molecule has 0 saturated carbocycles. The number of aliphatic hydroxyl groups is 1. The van der Waals surface area contributed by atoms with Gasteiger partial charge in [0.1, 0.15) is 0 Å². The third-order valence-electron chi connectivity index (χ3n) is 2.85. The summed E-state index contributed by atoms with van der Waals surface area (Å²) in [7, 11) is 3.38. The van der Waals surface area contributed by atoms with Crippen LogP contribution in [-0.4, -0.2) is 28.6 Å². The molecule has 17 heavy (non-hydrogen) atoms. The highest BCUT2D eigenvalue weighted by molar-refractivity contribution is 5.32. The first-order valence-corrected chi connectivity index (χ1v) is 5.44.